The maximum absolute atomic E-state index is 13.4. The van der Waals surface area contributed by atoms with E-state index in [1.54, 1.807) is 12.3 Å². The summed E-state index contributed by atoms with van der Waals surface area (Å²) < 4.78 is 26.9. The summed E-state index contributed by atoms with van der Waals surface area (Å²) in [6, 6.07) is 7.26. The van der Waals surface area contributed by atoms with E-state index in [1.165, 1.54) is 6.07 Å². The van der Waals surface area contributed by atoms with Crippen LogP contribution in [-0.4, -0.2) is 10.8 Å². The van der Waals surface area contributed by atoms with Gasteiger partial charge in [0.25, 0.3) is 0 Å². The molecule has 0 saturated carbocycles. The van der Waals surface area contributed by atoms with Crippen LogP contribution >= 0.6 is 0 Å². The Morgan fingerprint density at radius 1 is 1.10 bits per heavy atom. The number of Topliss-reactive ketones (excluding diaryl/α,β-unsaturated/α-hetero) is 1. The zero-order valence-electron chi connectivity index (χ0n) is 11.2. The maximum Gasteiger partial charge on any atom is 0.143 e. The molecule has 0 aliphatic rings. The molecular weight excluding hydrogens is 260 g/mol. The molecule has 0 N–H and O–H groups in total. The quantitative estimate of drug-likeness (QED) is 0.838. The number of hydrogen-bond acceptors (Lipinski definition) is 2. The van der Waals surface area contributed by atoms with Gasteiger partial charge in [0.2, 0.25) is 0 Å². The first-order chi connectivity index (χ1) is 9.60. The molecular formula is C16H15F2NO. The molecule has 0 saturated heterocycles. The first kappa shape index (κ1) is 14.3. The van der Waals surface area contributed by atoms with Crippen LogP contribution in [0.4, 0.5) is 8.78 Å². The van der Waals surface area contributed by atoms with Gasteiger partial charge in [-0.3, -0.25) is 9.78 Å². The smallest absolute Gasteiger partial charge is 0.143 e. The molecule has 104 valence electrons. The van der Waals surface area contributed by atoms with Crippen LogP contribution in [0.5, 0.6) is 0 Å². The SMILES string of the molecule is CCc1ccc(CC(=O)Cc2c(F)cccc2F)nc1. The highest BCUT2D eigenvalue weighted by Gasteiger charge is 2.13. The number of carbonyl (C=O) groups excluding carboxylic acids is 1. The van der Waals surface area contributed by atoms with Crippen LogP contribution in [0.25, 0.3) is 0 Å². The number of halogens is 2. The first-order valence-electron chi connectivity index (χ1n) is 6.48. The Kier molecular flexibility index (Phi) is 4.56. The zero-order valence-corrected chi connectivity index (χ0v) is 11.2. The second-order valence-electron chi connectivity index (χ2n) is 4.60. The predicted molar refractivity (Wildman–Crippen MR) is 72.4 cm³/mol. The number of hydrogen-bond donors (Lipinski definition) is 0. The van der Waals surface area contributed by atoms with Crippen molar-refractivity contribution in [3.63, 3.8) is 0 Å². The van der Waals surface area contributed by atoms with Crippen molar-refractivity contribution in [2.75, 3.05) is 0 Å². The van der Waals surface area contributed by atoms with Crippen molar-refractivity contribution in [3.05, 3.63) is 65.0 Å². The Morgan fingerprint density at radius 3 is 2.35 bits per heavy atom. The highest BCUT2D eigenvalue weighted by Crippen LogP contribution is 2.14. The Hall–Kier alpha value is -2.10. The van der Waals surface area contributed by atoms with Gasteiger partial charge < -0.3 is 0 Å². The number of nitrogens with zero attached hydrogens (tertiary/aromatic N) is 1. The summed E-state index contributed by atoms with van der Waals surface area (Å²) in [5.41, 5.74) is 1.52. The second kappa shape index (κ2) is 6.37. The minimum absolute atomic E-state index is 0.0811. The largest absolute Gasteiger partial charge is 0.299 e. The van der Waals surface area contributed by atoms with Gasteiger partial charge in [0.1, 0.15) is 17.4 Å². The lowest BCUT2D eigenvalue weighted by Gasteiger charge is -2.05. The van der Waals surface area contributed by atoms with Crippen LogP contribution in [0.3, 0.4) is 0 Å². The molecule has 2 rings (SSSR count). The molecule has 0 spiro atoms. The maximum atomic E-state index is 13.4. The Labute approximate surface area is 116 Å². The molecule has 1 aromatic carbocycles. The summed E-state index contributed by atoms with van der Waals surface area (Å²) in [7, 11) is 0. The molecule has 0 atom stereocenters. The lowest BCUT2D eigenvalue weighted by atomic mass is 10.0. The minimum Gasteiger partial charge on any atom is -0.299 e. The van der Waals surface area contributed by atoms with Crippen LogP contribution in [0.2, 0.25) is 0 Å². The number of ketones is 1. The Bertz CT molecular complexity index is 588. The summed E-state index contributed by atoms with van der Waals surface area (Å²) in [6.45, 7) is 2.02. The van der Waals surface area contributed by atoms with Gasteiger partial charge in [0, 0.05) is 30.3 Å². The fourth-order valence-corrected chi connectivity index (χ4v) is 1.93. The van der Waals surface area contributed by atoms with Gasteiger partial charge in [-0.05, 0) is 30.2 Å². The standard InChI is InChI=1S/C16H15F2NO/c1-2-11-6-7-12(19-10-11)8-13(20)9-14-15(17)4-3-5-16(14)18/h3-7,10H,2,8-9H2,1H3. The van der Waals surface area contributed by atoms with Gasteiger partial charge in [-0.15, -0.1) is 0 Å². The van der Waals surface area contributed by atoms with E-state index >= 15 is 0 Å². The lowest BCUT2D eigenvalue weighted by Crippen LogP contribution is -2.10. The molecule has 2 nitrogen and oxygen atoms in total. The molecule has 20 heavy (non-hydrogen) atoms. The summed E-state index contributed by atoms with van der Waals surface area (Å²) in [5, 5.41) is 0. The molecule has 0 amide bonds. The van der Waals surface area contributed by atoms with Crippen molar-refractivity contribution < 1.29 is 13.6 Å². The number of pyridine rings is 1. The van der Waals surface area contributed by atoms with Crippen LogP contribution in [0.1, 0.15) is 23.7 Å². The van der Waals surface area contributed by atoms with Crippen LogP contribution in [-0.2, 0) is 24.1 Å². The van der Waals surface area contributed by atoms with E-state index in [4.69, 9.17) is 0 Å². The van der Waals surface area contributed by atoms with Crippen molar-refractivity contribution in [2.24, 2.45) is 0 Å². The molecule has 0 fully saturated rings. The number of carbonyl (C=O) groups is 1. The van der Waals surface area contributed by atoms with Crippen molar-refractivity contribution in [1.82, 2.24) is 4.98 Å². The molecule has 4 heteroatoms. The van der Waals surface area contributed by atoms with Gasteiger partial charge in [-0.1, -0.05) is 19.1 Å². The van der Waals surface area contributed by atoms with Crippen LogP contribution < -0.4 is 0 Å². The molecule has 1 heterocycles. The Balaban J connectivity index is 2.05. The first-order valence-corrected chi connectivity index (χ1v) is 6.48. The fourth-order valence-electron chi connectivity index (χ4n) is 1.93. The van der Waals surface area contributed by atoms with E-state index in [-0.39, 0.29) is 24.2 Å². The monoisotopic (exact) mass is 275 g/mol. The molecule has 0 bridgehead atoms. The molecule has 0 radical (unpaired) electrons. The van der Waals surface area contributed by atoms with E-state index < -0.39 is 11.6 Å². The highest BCUT2D eigenvalue weighted by atomic mass is 19.1. The van der Waals surface area contributed by atoms with E-state index in [1.807, 2.05) is 13.0 Å². The summed E-state index contributed by atoms with van der Waals surface area (Å²) in [6.07, 6.45) is 2.42. The van der Waals surface area contributed by atoms with Gasteiger partial charge in [-0.2, -0.15) is 0 Å². The topological polar surface area (TPSA) is 30.0 Å². The molecule has 0 unspecified atom stereocenters. The highest BCUT2D eigenvalue weighted by molar-refractivity contribution is 5.82. The van der Waals surface area contributed by atoms with Crippen molar-refractivity contribution in [3.8, 4) is 0 Å². The van der Waals surface area contributed by atoms with Crippen molar-refractivity contribution >= 4 is 5.78 Å². The minimum atomic E-state index is -0.687. The van der Waals surface area contributed by atoms with Crippen molar-refractivity contribution in [2.45, 2.75) is 26.2 Å². The van der Waals surface area contributed by atoms with E-state index in [2.05, 4.69) is 4.98 Å². The Morgan fingerprint density at radius 2 is 1.80 bits per heavy atom. The van der Waals surface area contributed by atoms with Crippen molar-refractivity contribution in [1.29, 1.82) is 0 Å². The number of aryl methyl sites for hydroxylation is 1. The predicted octanol–water partition coefficient (Wildman–Crippen LogP) is 3.28. The molecule has 1 aromatic heterocycles. The van der Waals surface area contributed by atoms with Gasteiger partial charge in [0.15, 0.2) is 0 Å². The fraction of sp³-hybridized carbons (Fsp3) is 0.250. The third-order valence-corrected chi connectivity index (χ3v) is 3.11. The molecule has 0 aliphatic carbocycles. The molecule has 0 aliphatic heterocycles. The lowest BCUT2D eigenvalue weighted by molar-refractivity contribution is -0.117. The average molecular weight is 275 g/mol. The number of benzene rings is 1. The summed E-state index contributed by atoms with van der Waals surface area (Å²) >= 11 is 0. The van der Waals surface area contributed by atoms with Gasteiger partial charge in [-0.25, -0.2) is 8.78 Å². The van der Waals surface area contributed by atoms with Gasteiger partial charge in [0.05, 0.1) is 0 Å². The normalized spacial score (nSPS) is 10.6. The molecule has 2 aromatic rings. The van der Waals surface area contributed by atoms with Crippen LogP contribution in [0.15, 0.2) is 36.5 Å². The number of aromatic nitrogens is 1. The average Bonchev–Trinajstić information content (AvgIpc) is 2.44. The summed E-state index contributed by atoms with van der Waals surface area (Å²) in [4.78, 5) is 16.0. The third kappa shape index (κ3) is 3.47. The van der Waals surface area contributed by atoms with Crippen LogP contribution in [0, 0.1) is 11.6 Å². The van der Waals surface area contributed by atoms with E-state index in [0.29, 0.717) is 5.69 Å². The number of rotatable bonds is 5. The third-order valence-electron chi connectivity index (χ3n) is 3.11. The second-order valence-corrected chi connectivity index (χ2v) is 4.60. The zero-order chi connectivity index (χ0) is 14.5. The van der Waals surface area contributed by atoms with E-state index in [9.17, 15) is 13.6 Å². The van der Waals surface area contributed by atoms with Gasteiger partial charge >= 0.3 is 0 Å². The summed E-state index contributed by atoms with van der Waals surface area (Å²) in [5.74, 6) is -1.63. The van der Waals surface area contributed by atoms with E-state index in [0.717, 1.165) is 24.1 Å².